The van der Waals surface area contributed by atoms with Crippen LogP contribution in [0.5, 0.6) is 5.75 Å². The van der Waals surface area contributed by atoms with Crippen LogP contribution < -0.4 is 15.8 Å². The number of nitrogen functional groups attached to an aromatic ring is 1. The van der Waals surface area contributed by atoms with Crippen LogP contribution in [0.25, 0.3) is 26.0 Å². The summed E-state index contributed by atoms with van der Waals surface area (Å²) in [6.07, 6.45) is 6.07. The van der Waals surface area contributed by atoms with Gasteiger partial charge in [0.1, 0.15) is 17.6 Å². The molecule has 5 rings (SSSR count). The molecule has 0 bridgehead atoms. The molecule has 0 saturated heterocycles. The Bertz CT molecular complexity index is 1160. The van der Waals surface area contributed by atoms with E-state index in [0.717, 1.165) is 33.0 Å². The van der Waals surface area contributed by atoms with Gasteiger partial charge in [-0.05, 0) is 48.4 Å². The molecule has 0 spiro atoms. The highest BCUT2D eigenvalue weighted by Crippen LogP contribution is 2.43. The lowest BCUT2D eigenvalue weighted by Gasteiger charge is -2.05. The first kappa shape index (κ1) is 16.5. The Morgan fingerprint density at radius 1 is 1.33 bits per heavy atom. The van der Waals surface area contributed by atoms with Crippen molar-refractivity contribution in [3.63, 3.8) is 0 Å². The van der Waals surface area contributed by atoms with Gasteiger partial charge in [-0.15, -0.1) is 11.3 Å². The van der Waals surface area contributed by atoms with Gasteiger partial charge in [0.2, 0.25) is 0 Å². The van der Waals surface area contributed by atoms with Crippen molar-refractivity contribution in [3.8, 4) is 16.2 Å². The summed E-state index contributed by atoms with van der Waals surface area (Å²) in [5.41, 5.74) is 10.6. The fourth-order valence-corrected chi connectivity index (χ4v) is 4.79. The number of benzene rings is 1. The van der Waals surface area contributed by atoms with E-state index in [9.17, 15) is 0 Å². The molecule has 6 nitrogen and oxygen atoms in total. The van der Waals surface area contributed by atoms with Gasteiger partial charge in [0.25, 0.3) is 0 Å². The highest BCUT2D eigenvalue weighted by atomic mass is 32.1. The van der Waals surface area contributed by atoms with Gasteiger partial charge in [-0.25, -0.2) is 9.50 Å². The van der Waals surface area contributed by atoms with Crippen molar-refractivity contribution in [1.82, 2.24) is 19.9 Å². The zero-order valence-electron chi connectivity index (χ0n) is 15.3. The largest absolute Gasteiger partial charge is 0.495 e. The lowest BCUT2D eigenvalue weighted by molar-refractivity contribution is 0.420. The number of nitrogens with two attached hydrogens (primary N) is 1. The van der Waals surface area contributed by atoms with Gasteiger partial charge in [-0.1, -0.05) is 6.07 Å². The number of aryl methyl sites for hydroxylation is 1. The number of nitrogens with one attached hydrogen (secondary N) is 1. The molecule has 0 unspecified atom stereocenters. The van der Waals surface area contributed by atoms with Crippen LogP contribution in [0.15, 0.2) is 30.7 Å². The molecule has 3 N–H and O–H groups in total. The van der Waals surface area contributed by atoms with Crippen LogP contribution in [0.1, 0.15) is 24.0 Å². The zero-order valence-corrected chi connectivity index (χ0v) is 16.1. The predicted octanol–water partition coefficient (Wildman–Crippen LogP) is 3.76. The minimum absolute atomic E-state index is 0.498. The standard InChI is InChI=1S/C20H21N5OS/c1-11-5-12-7-16(27-19(12)15(6-11)26-2)17-13(8-22-14-3-4-14)9-25-18(17)20(21)23-10-24-25/h5-7,9-10,14,22H,3-4,8H2,1-2H3,(H2,21,23,24). The second-order valence-electron chi connectivity index (χ2n) is 7.12. The first-order valence-corrected chi connectivity index (χ1v) is 9.88. The number of aromatic nitrogens is 3. The number of methoxy groups -OCH3 is 1. The minimum Gasteiger partial charge on any atom is -0.495 e. The number of fused-ring (bicyclic) bond motifs is 2. The summed E-state index contributed by atoms with van der Waals surface area (Å²) >= 11 is 1.73. The number of ether oxygens (including phenoxy) is 1. The molecular formula is C20H21N5OS. The van der Waals surface area contributed by atoms with Crippen molar-refractivity contribution in [1.29, 1.82) is 0 Å². The Hall–Kier alpha value is -2.64. The van der Waals surface area contributed by atoms with Crippen molar-refractivity contribution in [2.45, 2.75) is 32.4 Å². The molecule has 0 aliphatic heterocycles. The Labute approximate surface area is 161 Å². The van der Waals surface area contributed by atoms with E-state index in [0.29, 0.717) is 11.9 Å². The summed E-state index contributed by atoms with van der Waals surface area (Å²) in [7, 11) is 1.72. The van der Waals surface area contributed by atoms with Crippen molar-refractivity contribution in [2.75, 3.05) is 12.8 Å². The molecule has 1 fully saturated rings. The number of hydrogen-bond acceptors (Lipinski definition) is 6. The van der Waals surface area contributed by atoms with Gasteiger partial charge >= 0.3 is 0 Å². The van der Waals surface area contributed by atoms with Crippen LogP contribution in [0, 0.1) is 6.92 Å². The molecule has 0 atom stereocenters. The van der Waals surface area contributed by atoms with Gasteiger partial charge in [-0.3, -0.25) is 0 Å². The van der Waals surface area contributed by atoms with Gasteiger partial charge in [0.05, 0.1) is 11.8 Å². The van der Waals surface area contributed by atoms with Crippen molar-refractivity contribution in [2.24, 2.45) is 0 Å². The Balaban J connectivity index is 1.73. The van der Waals surface area contributed by atoms with Crippen LogP contribution in [0.2, 0.25) is 0 Å². The average Bonchev–Trinajstić information content (AvgIpc) is 3.26. The number of nitrogens with zero attached hydrogens (tertiary/aromatic N) is 3. The molecule has 0 radical (unpaired) electrons. The molecule has 1 aliphatic rings. The van der Waals surface area contributed by atoms with Crippen LogP contribution in [-0.4, -0.2) is 27.7 Å². The normalized spacial score (nSPS) is 14.3. The topological polar surface area (TPSA) is 77.5 Å². The summed E-state index contributed by atoms with van der Waals surface area (Å²) in [6.45, 7) is 2.89. The second-order valence-corrected chi connectivity index (χ2v) is 8.17. The third kappa shape index (κ3) is 2.83. The SMILES string of the molecule is COc1cc(C)cc2cc(-c3c(CNC4CC4)cn4ncnc(N)c34)sc12. The van der Waals surface area contributed by atoms with Gasteiger partial charge < -0.3 is 15.8 Å². The smallest absolute Gasteiger partial charge is 0.152 e. The lowest BCUT2D eigenvalue weighted by atomic mass is 10.1. The summed E-state index contributed by atoms with van der Waals surface area (Å²) in [6, 6.07) is 7.12. The lowest BCUT2D eigenvalue weighted by Crippen LogP contribution is -2.15. The van der Waals surface area contributed by atoms with E-state index in [-0.39, 0.29) is 0 Å². The van der Waals surface area contributed by atoms with Crippen LogP contribution in [-0.2, 0) is 6.54 Å². The molecule has 7 heteroatoms. The molecule has 1 aromatic carbocycles. The Morgan fingerprint density at radius 2 is 2.19 bits per heavy atom. The van der Waals surface area contributed by atoms with Crippen LogP contribution in [0.4, 0.5) is 5.82 Å². The maximum Gasteiger partial charge on any atom is 0.152 e. The van der Waals surface area contributed by atoms with Gasteiger partial charge in [0.15, 0.2) is 5.82 Å². The quantitative estimate of drug-likeness (QED) is 0.552. The highest BCUT2D eigenvalue weighted by Gasteiger charge is 2.23. The fraction of sp³-hybridized carbons (Fsp3) is 0.300. The van der Waals surface area contributed by atoms with Gasteiger partial charge in [-0.2, -0.15) is 5.10 Å². The maximum atomic E-state index is 6.24. The summed E-state index contributed by atoms with van der Waals surface area (Å²) < 4.78 is 8.60. The minimum atomic E-state index is 0.498. The van der Waals surface area contributed by atoms with Crippen LogP contribution in [0.3, 0.4) is 0 Å². The number of rotatable bonds is 5. The van der Waals surface area contributed by atoms with E-state index >= 15 is 0 Å². The molecule has 27 heavy (non-hydrogen) atoms. The molecule has 1 aliphatic carbocycles. The Morgan fingerprint density at radius 3 is 2.96 bits per heavy atom. The zero-order chi connectivity index (χ0) is 18.5. The van der Waals surface area contributed by atoms with Crippen molar-refractivity contribution < 1.29 is 4.74 Å². The van der Waals surface area contributed by atoms with E-state index in [1.165, 1.54) is 35.7 Å². The van der Waals surface area contributed by atoms with E-state index < -0.39 is 0 Å². The Kier molecular flexibility index (Phi) is 3.80. The summed E-state index contributed by atoms with van der Waals surface area (Å²) in [5.74, 6) is 1.41. The van der Waals surface area contributed by atoms with Crippen molar-refractivity contribution >= 4 is 32.8 Å². The first-order valence-electron chi connectivity index (χ1n) is 9.06. The molecule has 3 aromatic heterocycles. The van der Waals surface area contributed by atoms with E-state index in [1.54, 1.807) is 18.4 Å². The molecule has 138 valence electrons. The first-order chi connectivity index (χ1) is 13.1. The number of anilines is 1. The molecule has 1 saturated carbocycles. The van der Waals surface area contributed by atoms with Crippen LogP contribution >= 0.6 is 11.3 Å². The fourth-order valence-electron chi connectivity index (χ4n) is 3.57. The third-order valence-corrected chi connectivity index (χ3v) is 6.21. The van der Waals surface area contributed by atoms with Gasteiger partial charge in [0, 0.05) is 29.2 Å². The highest BCUT2D eigenvalue weighted by molar-refractivity contribution is 7.22. The van der Waals surface area contributed by atoms with E-state index in [2.05, 4.69) is 46.7 Å². The monoisotopic (exact) mass is 379 g/mol. The molecule has 3 heterocycles. The number of thiophene rings is 1. The molecule has 4 aromatic rings. The number of hydrogen-bond donors (Lipinski definition) is 2. The summed E-state index contributed by atoms with van der Waals surface area (Å²) in [4.78, 5) is 5.38. The maximum absolute atomic E-state index is 6.24. The molecule has 0 amide bonds. The van der Waals surface area contributed by atoms with Crippen molar-refractivity contribution in [3.05, 3.63) is 41.9 Å². The molecular weight excluding hydrogens is 358 g/mol. The third-order valence-electron chi connectivity index (χ3n) is 5.03. The average molecular weight is 379 g/mol. The second kappa shape index (κ2) is 6.21. The van der Waals surface area contributed by atoms with E-state index in [1.807, 2.05) is 4.52 Å². The van der Waals surface area contributed by atoms with E-state index in [4.69, 9.17) is 10.5 Å². The summed E-state index contributed by atoms with van der Waals surface area (Å²) in [5, 5.41) is 9.16. The predicted molar refractivity (Wildman–Crippen MR) is 109 cm³/mol.